The molecule has 0 bridgehead atoms. The number of aryl methyl sites for hydroxylation is 1. The molecular weight excluding hydrogens is 324 g/mol. The number of unbranched alkanes of at least 4 members (excludes halogenated alkanes) is 1. The van der Waals surface area contributed by atoms with Gasteiger partial charge in [0.2, 0.25) is 0 Å². The third kappa shape index (κ3) is 4.44. The number of amides is 1. The molecule has 1 aromatic carbocycles. The first-order chi connectivity index (χ1) is 12.7. The van der Waals surface area contributed by atoms with E-state index in [-0.39, 0.29) is 11.9 Å². The quantitative estimate of drug-likeness (QED) is 0.820. The highest BCUT2D eigenvalue weighted by Crippen LogP contribution is 2.20. The summed E-state index contributed by atoms with van der Waals surface area (Å²) in [7, 11) is 0. The molecule has 26 heavy (non-hydrogen) atoms. The molecule has 5 nitrogen and oxygen atoms in total. The molecule has 3 rings (SSSR count). The first kappa shape index (κ1) is 18.9. The van der Waals surface area contributed by atoms with Crippen LogP contribution in [0.3, 0.4) is 0 Å². The predicted molar refractivity (Wildman–Crippen MR) is 106 cm³/mol. The van der Waals surface area contributed by atoms with Crippen LogP contribution < -0.4 is 5.32 Å². The van der Waals surface area contributed by atoms with Gasteiger partial charge in [-0.15, -0.1) is 0 Å². The number of carbonyl (C=O) groups is 1. The molecule has 5 heteroatoms. The fourth-order valence-electron chi connectivity index (χ4n) is 3.84. The molecule has 2 aromatic rings. The Hall–Kier alpha value is -1.88. The first-order valence-electron chi connectivity index (χ1n) is 10.2. The van der Waals surface area contributed by atoms with E-state index in [0.717, 1.165) is 56.2 Å². The van der Waals surface area contributed by atoms with Gasteiger partial charge in [0.15, 0.2) is 5.69 Å². The van der Waals surface area contributed by atoms with Crippen molar-refractivity contribution in [2.24, 2.45) is 0 Å². The lowest BCUT2D eigenvalue weighted by atomic mass is 10.1. The molecule has 2 heterocycles. The molecule has 1 N–H and O–H groups in total. The largest absolute Gasteiger partial charge is 0.348 e. The van der Waals surface area contributed by atoms with Gasteiger partial charge in [-0.1, -0.05) is 38.5 Å². The number of rotatable bonds is 7. The maximum atomic E-state index is 12.9. The van der Waals surface area contributed by atoms with Crippen molar-refractivity contribution < 1.29 is 4.79 Å². The summed E-state index contributed by atoms with van der Waals surface area (Å²) in [6.45, 7) is 8.62. The van der Waals surface area contributed by atoms with Gasteiger partial charge in [-0.05, 0) is 51.3 Å². The SMILES string of the molecule is CCCCN1CCCC(NC(=O)c2nn(CCC)c3ccccc23)CC1. The van der Waals surface area contributed by atoms with E-state index in [9.17, 15) is 4.79 Å². The van der Waals surface area contributed by atoms with Gasteiger partial charge in [0, 0.05) is 24.5 Å². The van der Waals surface area contributed by atoms with Crippen molar-refractivity contribution in [2.75, 3.05) is 19.6 Å². The highest BCUT2D eigenvalue weighted by atomic mass is 16.2. The van der Waals surface area contributed by atoms with E-state index in [0.29, 0.717) is 5.69 Å². The van der Waals surface area contributed by atoms with Crippen molar-refractivity contribution >= 4 is 16.8 Å². The van der Waals surface area contributed by atoms with Gasteiger partial charge < -0.3 is 10.2 Å². The van der Waals surface area contributed by atoms with Crippen molar-refractivity contribution in [3.8, 4) is 0 Å². The van der Waals surface area contributed by atoms with Crippen LogP contribution in [0.1, 0.15) is 62.9 Å². The number of nitrogens with zero attached hydrogens (tertiary/aromatic N) is 3. The van der Waals surface area contributed by atoms with Gasteiger partial charge in [0.05, 0.1) is 5.52 Å². The second kappa shape index (κ2) is 9.17. The number of likely N-dealkylation sites (tertiary alicyclic amines) is 1. The zero-order valence-corrected chi connectivity index (χ0v) is 16.2. The Morgan fingerprint density at radius 1 is 1.15 bits per heavy atom. The molecule has 1 amide bonds. The minimum Gasteiger partial charge on any atom is -0.348 e. The Bertz CT molecular complexity index is 724. The molecule has 1 atom stereocenters. The molecule has 142 valence electrons. The fourth-order valence-corrected chi connectivity index (χ4v) is 3.84. The topological polar surface area (TPSA) is 50.2 Å². The highest BCUT2D eigenvalue weighted by molar-refractivity contribution is 6.04. The summed E-state index contributed by atoms with van der Waals surface area (Å²) in [5, 5.41) is 8.83. The lowest BCUT2D eigenvalue weighted by Crippen LogP contribution is -2.36. The van der Waals surface area contributed by atoms with Crippen molar-refractivity contribution in [3.63, 3.8) is 0 Å². The van der Waals surface area contributed by atoms with E-state index >= 15 is 0 Å². The second-order valence-corrected chi connectivity index (χ2v) is 7.39. The summed E-state index contributed by atoms with van der Waals surface area (Å²) in [5.74, 6) is -0.0249. The van der Waals surface area contributed by atoms with Crippen LogP contribution in [0.4, 0.5) is 0 Å². The normalized spacial score (nSPS) is 18.8. The van der Waals surface area contributed by atoms with Crippen LogP contribution in [0.25, 0.3) is 10.9 Å². The van der Waals surface area contributed by atoms with Crippen molar-refractivity contribution in [1.29, 1.82) is 0 Å². The number of hydrogen-bond donors (Lipinski definition) is 1. The van der Waals surface area contributed by atoms with Crippen LogP contribution in [0, 0.1) is 0 Å². The second-order valence-electron chi connectivity index (χ2n) is 7.39. The Morgan fingerprint density at radius 3 is 2.81 bits per heavy atom. The van der Waals surface area contributed by atoms with E-state index < -0.39 is 0 Å². The smallest absolute Gasteiger partial charge is 0.272 e. The summed E-state index contributed by atoms with van der Waals surface area (Å²) in [6, 6.07) is 8.29. The number of carbonyl (C=O) groups excluding carboxylic acids is 1. The molecule has 0 aliphatic carbocycles. The highest BCUT2D eigenvalue weighted by Gasteiger charge is 2.22. The minimum atomic E-state index is -0.0249. The van der Waals surface area contributed by atoms with Crippen LogP contribution in [-0.4, -0.2) is 46.3 Å². The summed E-state index contributed by atoms with van der Waals surface area (Å²) in [4.78, 5) is 15.5. The van der Waals surface area contributed by atoms with E-state index in [1.807, 2.05) is 28.9 Å². The van der Waals surface area contributed by atoms with Crippen LogP contribution in [0.15, 0.2) is 24.3 Å². The van der Waals surface area contributed by atoms with Crippen LogP contribution >= 0.6 is 0 Å². The Balaban J connectivity index is 1.67. The van der Waals surface area contributed by atoms with E-state index in [1.165, 1.54) is 19.4 Å². The first-order valence-corrected chi connectivity index (χ1v) is 10.2. The zero-order chi connectivity index (χ0) is 18.4. The van der Waals surface area contributed by atoms with Crippen LogP contribution in [-0.2, 0) is 6.54 Å². The van der Waals surface area contributed by atoms with E-state index in [4.69, 9.17) is 0 Å². The molecule has 1 aliphatic heterocycles. The predicted octanol–water partition coefficient (Wildman–Crippen LogP) is 3.83. The lowest BCUT2D eigenvalue weighted by molar-refractivity contribution is 0.0929. The lowest BCUT2D eigenvalue weighted by Gasteiger charge is -2.19. The van der Waals surface area contributed by atoms with Crippen molar-refractivity contribution in [2.45, 2.75) is 65.0 Å². The Labute approximate surface area is 156 Å². The van der Waals surface area contributed by atoms with Gasteiger partial charge in [0.1, 0.15) is 0 Å². The fraction of sp³-hybridized carbons (Fsp3) is 0.619. The maximum absolute atomic E-state index is 12.9. The summed E-state index contributed by atoms with van der Waals surface area (Å²) in [6.07, 6.45) is 6.75. The molecule has 1 unspecified atom stereocenters. The average Bonchev–Trinajstić information content (AvgIpc) is 2.87. The molecule has 1 fully saturated rings. The Morgan fingerprint density at radius 2 is 2.00 bits per heavy atom. The van der Waals surface area contributed by atoms with Gasteiger partial charge in [-0.2, -0.15) is 5.10 Å². The van der Waals surface area contributed by atoms with Crippen molar-refractivity contribution in [1.82, 2.24) is 20.0 Å². The standard InChI is InChI=1S/C21H32N4O/c1-3-5-14-24-15-8-9-17(12-16-24)22-21(26)20-18-10-6-7-11-19(18)25(23-20)13-4-2/h6-7,10-11,17H,3-5,8-9,12-16H2,1-2H3,(H,22,26). The van der Waals surface area contributed by atoms with E-state index in [2.05, 4.69) is 29.2 Å². The number of fused-ring (bicyclic) bond motifs is 1. The van der Waals surface area contributed by atoms with Gasteiger partial charge in [-0.25, -0.2) is 0 Å². The number of aromatic nitrogens is 2. The van der Waals surface area contributed by atoms with Crippen LogP contribution in [0.2, 0.25) is 0 Å². The molecule has 0 radical (unpaired) electrons. The van der Waals surface area contributed by atoms with E-state index in [1.54, 1.807) is 0 Å². The zero-order valence-electron chi connectivity index (χ0n) is 16.2. The van der Waals surface area contributed by atoms with Crippen LogP contribution in [0.5, 0.6) is 0 Å². The molecule has 1 aliphatic rings. The third-order valence-corrected chi connectivity index (χ3v) is 5.29. The monoisotopic (exact) mass is 356 g/mol. The summed E-state index contributed by atoms with van der Waals surface area (Å²) < 4.78 is 1.96. The molecule has 0 saturated carbocycles. The Kier molecular flexibility index (Phi) is 6.67. The minimum absolute atomic E-state index is 0.0249. The average molecular weight is 357 g/mol. The maximum Gasteiger partial charge on any atom is 0.272 e. The molecular formula is C21H32N4O. The van der Waals surface area contributed by atoms with Gasteiger partial charge in [0.25, 0.3) is 5.91 Å². The third-order valence-electron chi connectivity index (χ3n) is 5.29. The number of hydrogen-bond acceptors (Lipinski definition) is 3. The van der Waals surface area contributed by atoms with Gasteiger partial charge in [-0.3, -0.25) is 9.48 Å². The molecule has 1 aromatic heterocycles. The number of para-hydroxylation sites is 1. The summed E-state index contributed by atoms with van der Waals surface area (Å²) in [5.41, 5.74) is 1.62. The summed E-state index contributed by atoms with van der Waals surface area (Å²) >= 11 is 0. The number of benzene rings is 1. The molecule has 0 spiro atoms. The van der Waals surface area contributed by atoms with Gasteiger partial charge >= 0.3 is 0 Å². The van der Waals surface area contributed by atoms with Crippen molar-refractivity contribution in [3.05, 3.63) is 30.0 Å². The molecule has 1 saturated heterocycles. The number of nitrogens with one attached hydrogen (secondary N) is 1.